The predicted molar refractivity (Wildman–Crippen MR) is 87.4 cm³/mol. The number of alkyl halides is 2. The number of benzene rings is 2. The molecule has 2 aromatic rings. The minimum atomic E-state index is -1.09. The monoisotopic (exact) mass is 352 g/mol. The first kappa shape index (κ1) is 15.3. The molecule has 23 heavy (non-hydrogen) atoms. The van der Waals surface area contributed by atoms with E-state index in [1.165, 1.54) is 12.1 Å². The summed E-state index contributed by atoms with van der Waals surface area (Å²) in [4.78, 5) is 0. The molecule has 0 spiro atoms. The van der Waals surface area contributed by atoms with E-state index in [1.54, 1.807) is 12.1 Å². The summed E-state index contributed by atoms with van der Waals surface area (Å²) in [5.74, 6) is 0.160. The maximum Gasteiger partial charge on any atom is 0.161 e. The fourth-order valence-corrected chi connectivity index (χ4v) is 4.62. The molecule has 4 rings (SSSR count). The summed E-state index contributed by atoms with van der Waals surface area (Å²) < 4.78 is 24.3. The van der Waals surface area contributed by atoms with Gasteiger partial charge in [-0.15, -0.1) is 0 Å². The first-order chi connectivity index (χ1) is 11.0. The Morgan fingerprint density at radius 2 is 1.83 bits per heavy atom. The Balaban J connectivity index is 1.85. The molecule has 2 nitrogen and oxygen atoms in total. The van der Waals surface area contributed by atoms with E-state index in [-0.39, 0.29) is 17.8 Å². The zero-order chi connectivity index (χ0) is 16.2. The Labute approximate surface area is 144 Å². The molecule has 0 saturated heterocycles. The first-order valence-electron chi connectivity index (χ1n) is 7.55. The molecular weight excluding hydrogens is 338 g/mol. The molecule has 0 N–H and O–H groups in total. The maximum absolute atomic E-state index is 13.2. The molecule has 1 saturated carbocycles. The fraction of sp³-hybridized carbons (Fsp3) is 0.333. The van der Waals surface area contributed by atoms with Gasteiger partial charge in [0.25, 0.3) is 0 Å². The smallest absolute Gasteiger partial charge is 0.161 e. The average molecular weight is 353 g/mol. The van der Waals surface area contributed by atoms with Crippen molar-refractivity contribution in [3.8, 4) is 5.75 Å². The molecule has 1 aliphatic heterocycles. The predicted octanol–water partition coefficient (Wildman–Crippen LogP) is 4.99. The van der Waals surface area contributed by atoms with Crippen LogP contribution in [0.2, 0.25) is 0 Å². The second kappa shape index (κ2) is 5.10. The van der Waals surface area contributed by atoms with Gasteiger partial charge in [-0.1, -0.05) is 53.5 Å². The molecule has 0 unspecified atom stereocenters. The van der Waals surface area contributed by atoms with Crippen LogP contribution in [-0.2, 0) is 10.3 Å². The van der Waals surface area contributed by atoms with Gasteiger partial charge >= 0.3 is 0 Å². The highest BCUT2D eigenvalue weighted by Gasteiger charge is 2.83. The Kier molecular flexibility index (Phi) is 3.38. The number of ether oxygens (including phenoxy) is 2. The summed E-state index contributed by atoms with van der Waals surface area (Å²) in [6.07, 6.45) is -0.382. The third-order valence-electron chi connectivity index (χ3n) is 4.65. The van der Waals surface area contributed by atoms with Gasteiger partial charge in [-0.25, -0.2) is 4.39 Å². The summed E-state index contributed by atoms with van der Waals surface area (Å²) in [7, 11) is 0. The van der Waals surface area contributed by atoms with Crippen LogP contribution in [0.5, 0.6) is 5.75 Å². The van der Waals surface area contributed by atoms with Crippen LogP contribution in [0.25, 0.3) is 0 Å². The van der Waals surface area contributed by atoms with E-state index in [2.05, 4.69) is 0 Å². The lowest BCUT2D eigenvalue weighted by molar-refractivity contribution is -0.0119. The van der Waals surface area contributed by atoms with Crippen molar-refractivity contribution in [2.45, 2.75) is 23.0 Å². The zero-order valence-electron chi connectivity index (χ0n) is 12.4. The van der Waals surface area contributed by atoms with E-state index in [9.17, 15) is 4.39 Å². The van der Waals surface area contributed by atoms with Crippen molar-refractivity contribution in [3.63, 3.8) is 0 Å². The topological polar surface area (TPSA) is 18.5 Å². The average Bonchev–Trinajstić information content (AvgIpc) is 3.05. The zero-order valence-corrected chi connectivity index (χ0v) is 13.9. The van der Waals surface area contributed by atoms with Crippen LogP contribution in [0.15, 0.2) is 48.5 Å². The van der Waals surface area contributed by atoms with Gasteiger partial charge in [-0.05, 0) is 30.7 Å². The van der Waals surface area contributed by atoms with Gasteiger partial charge in [0.2, 0.25) is 0 Å². The maximum atomic E-state index is 13.2. The lowest BCUT2D eigenvalue weighted by atomic mass is 9.95. The standard InChI is InChI=1S/C18H15Cl2FO2/c1-2-22-17-13-5-3-4-6-14(13)23-15(16(17)18(17,19)20)11-7-9-12(21)10-8-11/h3-10,15-16H,2H2,1H3/t15-,16-,17-/m0/s1. The van der Waals surface area contributed by atoms with Crippen molar-refractivity contribution in [2.75, 3.05) is 6.61 Å². The molecule has 0 radical (unpaired) electrons. The van der Waals surface area contributed by atoms with Gasteiger partial charge in [-0.3, -0.25) is 0 Å². The summed E-state index contributed by atoms with van der Waals surface area (Å²) >= 11 is 13.3. The Hall–Kier alpha value is -1.29. The first-order valence-corrected chi connectivity index (χ1v) is 8.31. The SMILES string of the molecule is CCO[C@@]12c3ccccc3O[C@@H](c3ccc(F)cc3)[C@@H]1C2(Cl)Cl. The quantitative estimate of drug-likeness (QED) is 0.724. The second-order valence-corrected chi connectivity index (χ2v) is 7.24. The molecule has 3 atom stereocenters. The highest BCUT2D eigenvalue weighted by atomic mass is 35.5. The van der Waals surface area contributed by atoms with Gasteiger partial charge in [0, 0.05) is 12.2 Å². The highest BCUT2D eigenvalue weighted by Crippen LogP contribution is 2.77. The fourth-order valence-electron chi connectivity index (χ4n) is 3.64. The van der Waals surface area contributed by atoms with Crippen molar-refractivity contribution < 1.29 is 13.9 Å². The molecule has 1 heterocycles. The molecule has 1 aliphatic carbocycles. The molecule has 0 bridgehead atoms. The molecule has 5 heteroatoms. The number of para-hydroxylation sites is 1. The van der Waals surface area contributed by atoms with Crippen molar-refractivity contribution in [3.05, 3.63) is 65.5 Å². The van der Waals surface area contributed by atoms with Gasteiger partial charge in [0.15, 0.2) is 4.33 Å². The van der Waals surface area contributed by atoms with Crippen LogP contribution in [0.3, 0.4) is 0 Å². The molecule has 0 amide bonds. The van der Waals surface area contributed by atoms with Crippen LogP contribution in [0.4, 0.5) is 4.39 Å². The molecular formula is C18H15Cl2FO2. The van der Waals surface area contributed by atoms with E-state index in [4.69, 9.17) is 32.7 Å². The van der Waals surface area contributed by atoms with Crippen molar-refractivity contribution in [2.24, 2.45) is 5.92 Å². The lowest BCUT2D eigenvalue weighted by Gasteiger charge is -2.31. The van der Waals surface area contributed by atoms with Crippen molar-refractivity contribution >= 4 is 23.2 Å². The number of hydrogen-bond acceptors (Lipinski definition) is 2. The highest BCUT2D eigenvalue weighted by molar-refractivity contribution is 6.52. The van der Waals surface area contributed by atoms with Gasteiger partial charge in [0.05, 0.1) is 5.92 Å². The van der Waals surface area contributed by atoms with E-state index in [0.717, 1.165) is 11.1 Å². The summed E-state index contributed by atoms with van der Waals surface area (Å²) in [5.41, 5.74) is 0.909. The molecule has 1 fully saturated rings. The van der Waals surface area contributed by atoms with E-state index < -0.39 is 9.93 Å². The summed E-state index contributed by atoms with van der Waals surface area (Å²) in [6.45, 7) is 2.40. The van der Waals surface area contributed by atoms with Crippen LogP contribution in [0.1, 0.15) is 24.2 Å². The van der Waals surface area contributed by atoms with Crippen LogP contribution >= 0.6 is 23.2 Å². The largest absolute Gasteiger partial charge is 0.485 e. The molecule has 0 aromatic heterocycles. The van der Waals surface area contributed by atoms with Crippen LogP contribution in [-0.4, -0.2) is 10.9 Å². The van der Waals surface area contributed by atoms with Gasteiger partial charge < -0.3 is 9.47 Å². The Morgan fingerprint density at radius 3 is 2.52 bits per heavy atom. The minimum Gasteiger partial charge on any atom is -0.485 e. The van der Waals surface area contributed by atoms with Crippen molar-refractivity contribution in [1.82, 2.24) is 0 Å². The van der Waals surface area contributed by atoms with E-state index in [1.807, 2.05) is 31.2 Å². The van der Waals surface area contributed by atoms with Gasteiger partial charge in [0.1, 0.15) is 23.3 Å². The second-order valence-electron chi connectivity index (χ2n) is 5.86. The van der Waals surface area contributed by atoms with E-state index >= 15 is 0 Å². The third-order valence-corrected chi connectivity index (χ3v) is 5.69. The Bertz CT molecular complexity index is 747. The Morgan fingerprint density at radius 1 is 1.13 bits per heavy atom. The number of hydrogen-bond donors (Lipinski definition) is 0. The number of halogens is 3. The molecule has 120 valence electrons. The number of fused-ring (bicyclic) bond motifs is 3. The van der Waals surface area contributed by atoms with Crippen molar-refractivity contribution in [1.29, 1.82) is 0 Å². The van der Waals surface area contributed by atoms with Crippen LogP contribution < -0.4 is 4.74 Å². The minimum absolute atomic E-state index is 0.251. The van der Waals surface area contributed by atoms with Gasteiger partial charge in [-0.2, -0.15) is 0 Å². The third kappa shape index (κ3) is 1.97. The lowest BCUT2D eigenvalue weighted by Crippen LogP contribution is -2.27. The number of rotatable bonds is 3. The molecule has 2 aromatic carbocycles. The summed E-state index contributed by atoms with van der Waals surface area (Å²) in [5, 5.41) is 0. The van der Waals surface area contributed by atoms with E-state index in [0.29, 0.717) is 12.4 Å². The molecule has 2 aliphatic rings. The normalized spacial score (nSPS) is 30.1. The van der Waals surface area contributed by atoms with Crippen LogP contribution in [0, 0.1) is 11.7 Å². The summed E-state index contributed by atoms with van der Waals surface area (Å²) in [6, 6.07) is 13.9.